The van der Waals surface area contributed by atoms with E-state index in [0.29, 0.717) is 16.8 Å². The van der Waals surface area contributed by atoms with E-state index in [0.717, 1.165) is 38.4 Å². The van der Waals surface area contributed by atoms with Crippen molar-refractivity contribution < 1.29 is 13.2 Å². The molecule has 10 heteroatoms. The minimum atomic E-state index is -3.97. The zero-order valence-electron chi connectivity index (χ0n) is 20.6. The molecule has 0 aliphatic heterocycles. The average Bonchev–Trinajstić information content (AvgIpc) is 3.37. The largest absolute Gasteiger partial charge is 0.388 e. The van der Waals surface area contributed by atoms with Gasteiger partial charge in [-0.15, -0.1) is 11.3 Å². The molecule has 0 aliphatic rings. The summed E-state index contributed by atoms with van der Waals surface area (Å²) in [6.07, 6.45) is 1.81. The monoisotopic (exact) mass is 544 g/mol. The Bertz CT molecular complexity index is 1810. The molecule has 0 saturated carbocycles. The van der Waals surface area contributed by atoms with E-state index in [2.05, 4.69) is 10.6 Å². The van der Waals surface area contributed by atoms with Crippen molar-refractivity contribution in [3.8, 4) is 16.8 Å². The second kappa shape index (κ2) is 10.2. The number of rotatable bonds is 6. The quantitative estimate of drug-likeness (QED) is 0.259. The van der Waals surface area contributed by atoms with Gasteiger partial charge in [-0.25, -0.2) is 17.9 Å². The lowest BCUT2D eigenvalue weighted by molar-refractivity contribution is 0.256. The second-order valence-electron chi connectivity index (χ2n) is 8.57. The lowest BCUT2D eigenvalue weighted by Gasteiger charge is -2.14. The lowest BCUT2D eigenvalue weighted by atomic mass is 10.00. The fourth-order valence-corrected chi connectivity index (χ4v) is 6.32. The molecule has 0 aliphatic carbocycles. The predicted molar refractivity (Wildman–Crippen MR) is 153 cm³/mol. The molecule has 3 N–H and O–H groups in total. The van der Waals surface area contributed by atoms with Crippen LogP contribution in [0, 0.1) is 6.92 Å². The van der Waals surface area contributed by atoms with Gasteiger partial charge in [-0.3, -0.25) is 9.36 Å². The topological polar surface area (TPSA) is 109 Å². The van der Waals surface area contributed by atoms with Crippen molar-refractivity contribution in [3.63, 3.8) is 0 Å². The van der Waals surface area contributed by atoms with Crippen LogP contribution in [-0.4, -0.2) is 26.1 Å². The number of fused-ring (bicyclic) bond motifs is 1. The number of hydrogen-bond donors (Lipinski definition) is 3. The van der Waals surface area contributed by atoms with Crippen molar-refractivity contribution in [1.82, 2.24) is 9.29 Å². The number of aryl methyl sites for hydroxylation is 1. The molecule has 2 amide bonds. The first kappa shape index (κ1) is 25.2. The summed E-state index contributed by atoms with van der Waals surface area (Å²) in [7, 11) is -2.13. The Hall–Kier alpha value is -4.41. The average molecular weight is 545 g/mol. The van der Waals surface area contributed by atoms with Gasteiger partial charge in [0.1, 0.15) is 4.21 Å². The molecule has 5 aromatic rings. The Morgan fingerprint density at radius 2 is 1.58 bits per heavy atom. The molecule has 8 nitrogen and oxygen atoms in total. The highest BCUT2D eigenvalue weighted by Gasteiger charge is 2.19. The Balaban J connectivity index is 1.46. The first-order valence-electron chi connectivity index (χ1n) is 11.7. The first-order chi connectivity index (χ1) is 18.2. The highest BCUT2D eigenvalue weighted by Crippen LogP contribution is 2.30. The number of carbonyl (C=O) groups is 1. The van der Waals surface area contributed by atoms with Gasteiger partial charge in [0.05, 0.1) is 0 Å². The van der Waals surface area contributed by atoms with Gasteiger partial charge in [0.2, 0.25) is 0 Å². The normalized spacial score (nSPS) is 11.3. The SMILES string of the molecule is CNc1ccc2c(=O)n(-c3ccc(NC(=O)NS(=O)(=O)c4ccc(C)s4)cc3)cc(-c3ccccc3)c2c1. The van der Waals surface area contributed by atoms with Crippen molar-refractivity contribution in [3.05, 3.63) is 106 Å². The van der Waals surface area contributed by atoms with Gasteiger partial charge >= 0.3 is 6.03 Å². The van der Waals surface area contributed by atoms with Gasteiger partial charge in [0, 0.05) is 46.1 Å². The highest BCUT2D eigenvalue weighted by atomic mass is 32.2. The third-order valence-corrected chi connectivity index (χ3v) is 8.83. The zero-order valence-corrected chi connectivity index (χ0v) is 22.2. The molecule has 0 bridgehead atoms. The third-order valence-electron chi connectivity index (χ3n) is 6.00. The summed E-state index contributed by atoms with van der Waals surface area (Å²) in [4.78, 5) is 26.6. The number of thiophene rings is 1. The molecule has 5 rings (SSSR count). The summed E-state index contributed by atoms with van der Waals surface area (Å²) < 4.78 is 28.5. The minimum absolute atomic E-state index is 0.0623. The van der Waals surface area contributed by atoms with Crippen LogP contribution in [0.25, 0.3) is 27.6 Å². The van der Waals surface area contributed by atoms with E-state index in [-0.39, 0.29) is 9.77 Å². The Morgan fingerprint density at radius 3 is 2.24 bits per heavy atom. The fraction of sp³-hybridized carbons (Fsp3) is 0.0714. The molecule has 2 heterocycles. The number of nitrogens with zero attached hydrogens (tertiary/aromatic N) is 1. The number of urea groups is 1. The number of hydrogen-bond acceptors (Lipinski definition) is 6. The van der Waals surface area contributed by atoms with E-state index in [9.17, 15) is 18.0 Å². The maximum absolute atomic E-state index is 13.5. The second-order valence-corrected chi connectivity index (χ2v) is 11.8. The number of amides is 2. The van der Waals surface area contributed by atoms with Gasteiger partial charge in [-0.05, 0) is 72.5 Å². The molecule has 2 aromatic heterocycles. The molecule has 0 atom stereocenters. The number of anilines is 2. The molecule has 192 valence electrons. The summed E-state index contributed by atoms with van der Waals surface area (Å²) in [5.41, 5.74) is 3.55. The van der Waals surface area contributed by atoms with Crippen LogP contribution in [0.15, 0.2) is 100 Å². The highest BCUT2D eigenvalue weighted by molar-refractivity contribution is 7.92. The molecule has 0 saturated heterocycles. The van der Waals surface area contributed by atoms with E-state index >= 15 is 0 Å². The van der Waals surface area contributed by atoms with Gasteiger partial charge < -0.3 is 10.6 Å². The minimum Gasteiger partial charge on any atom is -0.388 e. The summed E-state index contributed by atoms with van der Waals surface area (Å²) in [6.45, 7) is 1.79. The lowest BCUT2D eigenvalue weighted by Crippen LogP contribution is -2.33. The molecular weight excluding hydrogens is 520 g/mol. The Morgan fingerprint density at radius 1 is 0.868 bits per heavy atom. The fourth-order valence-electron chi connectivity index (χ4n) is 4.13. The smallest absolute Gasteiger partial charge is 0.333 e. The van der Waals surface area contributed by atoms with E-state index in [1.54, 1.807) is 41.8 Å². The first-order valence-corrected chi connectivity index (χ1v) is 14.0. The van der Waals surface area contributed by atoms with Crippen LogP contribution in [-0.2, 0) is 10.0 Å². The Labute approximate surface area is 223 Å². The van der Waals surface area contributed by atoms with Crippen LogP contribution >= 0.6 is 11.3 Å². The van der Waals surface area contributed by atoms with E-state index < -0.39 is 16.1 Å². The summed E-state index contributed by atoms with van der Waals surface area (Å²) in [5.74, 6) is 0. The van der Waals surface area contributed by atoms with Crippen molar-refractivity contribution in [2.24, 2.45) is 0 Å². The molecule has 0 fully saturated rings. The number of carbonyl (C=O) groups excluding carboxylic acids is 1. The Kier molecular flexibility index (Phi) is 6.75. The zero-order chi connectivity index (χ0) is 26.9. The maximum Gasteiger partial charge on any atom is 0.333 e. The van der Waals surface area contributed by atoms with Crippen LogP contribution in [0.1, 0.15) is 4.88 Å². The number of benzene rings is 3. The predicted octanol–water partition coefficient (Wildman–Crippen LogP) is 5.58. The van der Waals surface area contributed by atoms with Crippen molar-refractivity contribution in [1.29, 1.82) is 0 Å². The molecule has 0 spiro atoms. The van der Waals surface area contributed by atoms with E-state index in [4.69, 9.17) is 0 Å². The van der Waals surface area contributed by atoms with Crippen molar-refractivity contribution >= 4 is 49.5 Å². The van der Waals surface area contributed by atoms with Crippen LogP contribution < -0.4 is 20.9 Å². The summed E-state index contributed by atoms with van der Waals surface area (Å²) >= 11 is 1.08. The molecule has 38 heavy (non-hydrogen) atoms. The van der Waals surface area contributed by atoms with Gasteiger partial charge in [0.25, 0.3) is 15.6 Å². The van der Waals surface area contributed by atoms with E-state index in [1.807, 2.05) is 66.5 Å². The number of nitrogens with one attached hydrogen (secondary N) is 3. The molecule has 0 unspecified atom stereocenters. The van der Waals surface area contributed by atoms with Crippen LogP contribution in [0.5, 0.6) is 0 Å². The van der Waals surface area contributed by atoms with E-state index in [1.165, 1.54) is 6.07 Å². The van der Waals surface area contributed by atoms with Crippen molar-refractivity contribution in [2.75, 3.05) is 17.7 Å². The summed E-state index contributed by atoms with van der Waals surface area (Å²) in [6, 6.07) is 24.3. The molecule has 0 radical (unpaired) electrons. The van der Waals surface area contributed by atoms with Crippen LogP contribution in [0.4, 0.5) is 16.2 Å². The number of sulfonamides is 1. The van der Waals surface area contributed by atoms with Gasteiger partial charge in [-0.2, -0.15) is 0 Å². The number of pyridine rings is 1. The maximum atomic E-state index is 13.5. The summed E-state index contributed by atoms with van der Waals surface area (Å²) in [5, 5.41) is 7.06. The standard InChI is InChI=1S/C28H24N4O4S2/c1-18-8-15-26(37-18)38(35,36)31-28(34)30-20-9-12-22(13-10-20)32-17-25(19-6-4-3-5-7-19)24-16-21(29-2)11-14-23(24)27(32)33/h3-17,29H,1-2H3,(H2,30,31,34). The third kappa shape index (κ3) is 5.04. The molecule has 3 aromatic carbocycles. The van der Waals surface area contributed by atoms with Crippen LogP contribution in [0.3, 0.4) is 0 Å². The number of aromatic nitrogens is 1. The van der Waals surface area contributed by atoms with Gasteiger partial charge in [-0.1, -0.05) is 30.3 Å². The van der Waals surface area contributed by atoms with Gasteiger partial charge in [0.15, 0.2) is 0 Å². The molecular formula is C28H24N4O4S2. The van der Waals surface area contributed by atoms with Crippen LogP contribution in [0.2, 0.25) is 0 Å². The van der Waals surface area contributed by atoms with Crippen molar-refractivity contribution in [2.45, 2.75) is 11.1 Å².